The molecule has 140 valence electrons. The molecule has 0 radical (unpaired) electrons. The van der Waals surface area contributed by atoms with E-state index in [-0.39, 0.29) is 0 Å². The van der Waals surface area contributed by atoms with Gasteiger partial charge in [-0.25, -0.2) is 0 Å². The van der Waals surface area contributed by atoms with Crippen LogP contribution in [-0.2, 0) is 25.9 Å². The highest BCUT2D eigenvalue weighted by Gasteiger charge is 2.30. The van der Waals surface area contributed by atoms with Gasteiger partial charge < -0.3 is 4.57 Å². The van der Waals surface area contributed by atoms with E-state index < -0.39 is 0 Å². The molecule has 1 saturated carbocycles. The summed E-state index contributed by atoms with van der Waals surface area (Å²) in [6.45, 7) is 7.67. The maximum Gasteiger partial charge on any atom is 0.0486 e. The van der Waals surface area contributed by atoms with E-state index in [4.69, 9.17) is 0 Å². The van der Waals surface area contributed by atoms with Gasteiger partial charge in [0.15, 0.2) is 0 Å². The number of rotatable bonds is 4. The Balaban J connectivity index is 1.49. The third-order valence-corrected chi connectivity index (χ3v) is 6.63. The van der Waals surface area contributed by atoms with Crippen molar-refractivity contribution in [2.75, 3.05) is 6.54 Å². The molecule has 0 spiro atoms. The molecule has 1 aliphatic heterocycles. The zero-order valence-electron chi connectivity index (χ0n) is 16.5. The predicted molar refractivity (Wildman–Crippen MR) is 111 cm³/mol. The molecule has 2 aromatic heterocycles. The van der Waals surface area contributed by atoms with Gasteiger partial charge in [0.25, 0.3) is 0 Å². The fraction of sp³-hybridized carbons (Fsp3) is 0.458. The topological polar surface area (TPSA) is 21.1 Å². The maximum absolute atomic E-state index is 4.47. The fourth-order valence-corrected chi connectivity index (χ4v) is 4.79. The van der Waals surface area contributed by atoms with E-state index in [1.165, 1.54) is 54.3 Å². The molecule has 0 bridgehead atoms. The van der Waals surface area contributed by atoms with Crippen LogP contribution in [-0.4, -0.2) is 27.0 Å². The van der Waals surface area contributed by atoms with E-state index in [0.29, 0.717) is 0 Å². The van der Waals surface area contributed by atoms with Gasteiger partial charge in [-0.2, -0.15) is 0 Å². The number of hydrogen-bond donors (Lipinski definition) is 0. The van der Waals surface area contributed by atoms with Crippen LogP contribution in [0.3, 0.4) is 0 Å². The normalized spacial score (nSPS) is 17.9. The Morgan fingerprint density at radius 1 is 1.11 bits per heavy atom. The summed E-state index contributed by atoms with van der Waals surface area (Å²) in [6, 6.07) is 12.2. The highest BCUT2D eigenvalue weighted by Crippen LogP contribution is 2.35. The molecule has 2 aliphatic rings. The van der Waals surface area contributed by atoms with E-state index in [0.717, 1.165) is 31.2 Å². The monoisotopic (exact) mass is 359 g/mol. The van der Waals surface area contributed by atoms with Gasteiger partial charge in [0.1, 0.15) is 0 Å². The van der Waals surface area contributed by atoms with Gasteiger partial charge in [0.05, 0.1) is 0 Å². The highest BCUT2D eigenvalue weighted by atomic mass is 15.2. The van der Waals surface area contributed by atoms with Crippen LogP contribution >= 0.6 is 0 Å². The van der Waals surface area contributed by atoms with Crippen molar-refractivity contribution in [1.29, 1.82) is 0 Å². The van der Waals surface area contributed by atoms with Crippen LogP contribution in [0.15, 0.2) is 36.5 Å². The number of nitrogens with zero attached hydrogens (tertiary/aromatic N) is 3. The lowest BCUT2D eigenvalue weighted by Crippen LogP contribution is -2.43. The largest absolute Gasteiger partial charge is 0.344 e. The molecule has 1 aromatic carbocycles. The molecule has 1 fully saturated rings. The quantitative estimate of drug-likeness (QED) is 0.667. The van der Waals surface area contributed by atoms with E-state index in [2.05, 4.69) is 58.6 Å². The molecule has 0 N–H and O–H groups in total. The predicted octanol–water partition coefficient (Wildman–Crippen LogP) is 4.81. The lowest BCUT2D eigenvalue weighted by atomic mass is 9.89. The minimum Gasteiger partial charge on any atom is -0.344 e. The zero-order valence-corrected chi connectivity index (χ0v) is 16.5. The standard InChI is InChI=1S/C24H29N3/c1-17-6-9-23-21(14-17)22-16-26(20-4-3-5-20)12-11-24(22)27(23)13-10-19-8-7-18(2)25-15-19/h6-9,14-15,20H,3-5,10-13,16H2,1-2H3. The van der Waals surface area contributed by atoms with Crippen LogP contribution in [0.2, 0.25) is 0 Å². The molecule has 27 heavy (non-hydrogen) atoms. The first-order valence-electron chi connectivity index (χ1n) is 10.5. The van der Waals surface area contributed by atoms with Crippen molar-refractivity contribution >= 4 is 10.9 Å². The van der Waals surface area contributed by atoms with Gasteiger partial charge in [0, 0.05) is 60.6 Å². The SMILES string of the molecule is Cc1ccc2c(c1)c1c(n2CCc2ccc(C)nc2)CCN(C2CCC2)C1. The molecule has 0 unspecified atom stereocenters. The second-order valence-electron chi connectivity index (χ2n) is 8.46. The van der Waals surface area contributed by atoms with E-state index in [1.807, 2.05) is 6.20 Å². The molecule has 1 aliphatic carbocycles. The third-order valence-electron chi connectivity index (χ3n) is 6.63. The van der Waals surface area contributed by atoms with Crippen LogP contribution in [0.5, 0.6) is 0 Å². The summed E-state index contributed by atoms with van der Waals surface area (Å²) in [5.74, 6) is 0. The van der Waals surface area contributed by atoms with Crippen molar-refractivity contribution in [3.8, 4) is 0 Å². The molecule has 0 saturated heterocycles. The summed E-state index contributed by atoms with van der Waals surface area (Å²) in [4.78, 5) is 7.21. The van der Waals surface area contributed by atoms with Gasteiger partial charge in [-0.15, -0.1) is 0 Å². The van der Waals surface area contributed by atoms with Crippen LogP contribution in [0.4, 0.5) is 0 Å². The number of pyridine rings is 1. The van der Waals surface area contributed by atoms with Gasteiger partial charge in [-0.1, -0.05) is 24.1 Å². The average molecular weight is 360 g/mol. The average Bonchev–Trinajstić information content (AvgIpc) is 2.92. The molecule has 3 aromatic rings. The van der Waals surface area contributed by atoms with Gasteiger partial charge in [0.2, 0.25) is 0 Å². The van der Waals surface area contributed by atoms with E-state index in [9.17, 15) is 0 Å². The lowest BCUT2D eigenvalue weighted by molar-refractivity contribution is 0.113. The number of fused-ring (bicyclic) bond motifs is 3. The molecule has 0 amide bonds. The summed E-state index contributed by atoms with van der Waals surface area (Å²) in [7, 11) is 0. The molecule has 3 nitrogen and oxygen atoms in total. The van der Waals surface area contributed by atoms with Crippen molar-refractivity contribution < 1.29 is 0 Å². The van der Waals surface area contributed by atoms with Crippen LogP contribution < -0.4 is 0 Å². The Morgan fingerprint density at radius 3 is 2.74 bits per heavy atom. The number of benzene rings is 1. The van der Waals surface area contributed by atoms with Gasteiger partial charge >= 0.3 is 0 Å². The first-order chi connectivity index (χ1) is 13.2. The third kappa shape index (κ3) is 3.08. The molecule has 3 heterocycles. The van der Waals surface area contributed by atoms with Crippen molar-refractivity contribution in [1.82, 2.24) is 14.5 Å². The van der Waals surface area contributed by atoms with Gasteiger partial charge in [-0.3, -0.25) is 9.88 Å². The van der Waals surface area contributed by atoms with Crippen molar-refractivity contribution in [2.24, 2.45) is 0 Å². The molecular weight excluding hydrogens is 330 g/mol. The Kier molecular flexibility index (Phi) is 4.28. The minimum atomic E-state index is 0.833. The minimum absolute atomic E-state index is 0.833. The molecule has 3 heteroatoms. The van der Waals surface area contributed by atoms with Crippen LogP contribution in [0.1, 0.15) is 47.3 Å². The van der Waals surface area contributed by atoms with E-state index in [1.54, 1.807) is 11.3 Å². The Bertz CT molecular complexity index is 963. The van der Waals surface area contributed by atoms with Crippen LogP contribution in [0, 0.1) is 13.8 Å². The Morgan fingerprint density at radius 2 is 2.00 bits per heavy atom. The summed E-state index contributed by atoms with van der Waals surface area (Å²) >= 11 is 0. The zero-order chi connectivity index (χ0) is 18.4. The summed E-state index contributed by atoms with van der Waals surface area (Å²) in [5, 5.41) is 1.48. The van der Waals surface area contributed by atoms with Crippen molar-refractivity contribution in [2.45, 2.75) is 65.1 Å². The second-order valence-corrected chi connectivity index (χ2v) is 8.46. The Hall–Kier alpha value is -2.13. The van der Waals surface area contributed by atoms with Crippen molar-refractivity contribution in [3.05, 3.63) is 64.6 Å². The number of aromatic nitrogens is 2. The first-order valence-corrected chi connectivity index (χ1v) is 10.5. The molecule has 5 rings (SSSR count). The first kappa shape index (κ1) is 17.0. The van der Waals surface area contributed by atoms with Crippen LogP contribution in [0.25, 0.3) is 10.9 Å². The molecule has 0 atom stereocenters. The highest BCUT2D eigenvalue weighted by molar-refractivity contribution is 5.86. The summed E-state index contributed by atoms with van der Waals surface area (Å²) in [6.07, 6.45) is 8.48. The Labute approximate surface area is 162 Å². The van der Waals surface area contributed by atoms with E-state index >= 15 is 0 Å². The molecular formula is C24H29N3. The number of aryl methyl sites for hydroxylation is 4. The summed E-state index contributed by atoms with van der Waals surface area (Å²) < 4.78 is 2.60. The van der Waals surface area contributed by atoms with Crippen molar-refractivity contribution in [3.63, 3.8) is 0 Å². The fourth-order valence-electron chi connectivity index (χ4n) is 4.79. The smallest absolute Gasteiger partial charge is 0.0486 e. The van der Waals surface area contributed by atoms with Gasteiger partial charge in [-0.05, 0) is 62.4 Å². The lowest BCUT2D eigenvalue weighted by Gasteiger charge is -2.40. The maximum atomic E-state index is 4.47. The number of hydrogen-bond acceptors (Lipinski definition) is 2. The second kappa shape index (κ2) is 6.79. The summed E-state index contributed by atoms with van der Waals surface area (Å²) in [5.41, 5.74) is 8.37.